The number of nitro groups is 1. The maximum atomic E-state index is 12.2. The predicted molar refractivity (Wildman–Crippen MR) is 85.4 cm³/mol. The first-order chi connectivity index (χ1) is 9.70. The Balaban J connectivity index is 2.33. The van der Waals surface area contributed by atoms with Crippen LogP contribution in [-0.2, 0) is 10.0 Å². The molecule has 0 saturated heterocycles. The summed E-state index contributed by atoms with van der Waals surface area (Å²) < 4.78 is 27.8. The lowest BCUT2D eigenvalue weighted by molar-refractivity contribution is -0.385. The van der Waals surface area contributed by atoms with Gasteiger partial charge in [-0.2, -0.15) is 0 Å². The summed E-state index contributed by atoms with van der Waals surface area (Å²) in [5, 5.41) is 10.7. The molecule has 0 aliphatic heterocycles. The van der Waals surface area contributed by atoms with Crippen LogP contribution in [0.25, 0.3) is 0 Å². The van der Waals surface area contributed by atoms with Gasteiger partial charge in [0.2, 0.25) is 0 Å². The lowest BCUT2D eigenvalue weighted by atomic mass is 10.2. The molecule has 0 fully saturated rings. The van der Waals surface area contributed by atoms with E-state index < -0.39 is 14.9 Å². The quantitative estimate of drug-likeness (QED) is 0.634. The molecular formula is C12H11BrN2O4S2. The van der Waals surface area contributed by atoms with Gasteiger partial charge in [-0.1, -0.05) is 0 Å². The normalized spacial score (nSPS) is 11.4. The molecule has 1 N–H and O–H groups in total. The van der Waals surface area contributed by atoms with Crippen molar-refractivity contribution in [3.8, 4) is 0 Å². The Morgan fingerprint density at radius 1 is 1.24 bits per heavy atom. The number of aryl methyl sites for hydroxylation is 2. The Morgan fingerprint density at radius 3 is 2.38 bits per heavy atom. The molecule has 2 aromatic rings. The fraction of sp³-hybridized carbons (Fsp3) is 0.167. The molecule has 112 valence electrons. The van der Waals surface area contributed by atoms with E-state index in [-0.39, 0.29) is 9.90 Å². The summed E-state index contributed by atoms with van der Waals surface area (Å²) in [7, 11) is -3.70. The summed E-state index contributed by atoms with van der Waals surface area (Å²) in [6.07, 6.45) is 0. The highest BCUT2D eigenvalue weighted by Gasteiger charge is 2.19. The molecule has 0 spiro atoms. The maximum Gasteiger partial charge on any atom is 0.272 e. The van der Waals surface area contributed by atoms with Gasteiger partial charge in [0.05, 0.1) is 8.71 Å². The lowest BCUT2D eigenvalue weighted by Crippen LogP contribution is -2.11. The lowest BCUT2D eigenvalue weighted by Gasteiger charge is -2.07. The van der Waals surface area contributed by atoms with Crippen LogP contribution in [0.2, 0.25) is 0 Å². The fourth-order valence-corrected chi connectivity index (χ4v) is 4.97. The molecule has 0 atom stereocenters. The summed E-state index contributed by atoms with van der Waals surface area (Å²) in [6.45, 7) is 3.36. The molecule has 0 saturated carbocycles. The van der Waals surface area contributed by atoms with Gasteiger partial charge in [-0.25, -0.2) is 8.42 Å². The van der Waals surface area contributed by atoms with Gasteiger partial charge in [-0.3, -0.25) is 14.8 Å². The van der Waals surface area contributed by atoms with Crippen molar-refractivity contribution >= 4 is 48.7 Å². The number of nitrogens with zero attached hydrogens (tertiary/aromatic N) is 1. The largest absolute Gasteiger partial charge is 0.279 e. The molecule has 21 heavy (non-hydrogen) atoms. The first-order valence-corrected chi connectivity index (χ1v) is 8.84. The summed E-state index contributed by atoms with van der Waals surface area (Å²) in [4.78, 5) is 10.2. The highest BCUT2D eigenvalue weighted by Crippen LogP contribution is 2.32. The number of halogens is 1. The van der Waals surface area contributed by atoms with Crippen LogP contribution in [0.3, 0.4) is 0 Å². The van der Waals surface area contributed by atoms with Gasteiger partial charge in [0.1, 0.15) is 4.21 Å². The first-order valence-electron chi connectivity index (χ1n) is 5.74. The molecule has 1 heterocycles. The number of hydrogen-bond acceptors (Lipinski definition) is 5. The zero-order chi connectivity index (χ0) is 15.8. The zero-order valence-electron chi connectivity index (χ0n) is 11.1. The van der Waals surface area contributed by atoms with Crippen molar-refractivity contribution in [1.29, 1.82) is 0 Å². The van der Waals surface area contributed by atoms with E-state index in [0.717, 1.165) is 20.7 Å². The molecule has 9 heteroatoms. The Kier molecular flexibility index (Phi) is 4.35. The number of nitrogens with one attached hydrogen (secondary N) is 1. The number of rotatable bonds is 4. The van der Waals surface area contributed by atoms with E-state index in [1.165, 1.54) is 18.2 Å². The number of hydrogen-bond donors (Lipinski definition) is 1. The monoisotopic (exact) mass is 390 g/mol. The zero-order valence-corrected chi connectivity index (χ0v) is 14.3. The molecule has 0 radical (unpaired) electrons. The number of anilines is 1. The van der Waals surface area contributed by atoms with Gasteiger partial charge >= 0.3 is 0 Å². The second kappa shape index (κ2) is 5.74. The Morgan fingerprint density at radius 2 is 1.90 bits per heavy atom. The van der Waals surface area contributed by atoms with E-state index in [4.69, 9.17) is 0 Å². The molecule has 2 rings (SSSR count). The summed E-state index contributed by atoms with van der Waals surface area (Å²) in [6, 6.07) is 5.65. The summed E-state index contributed by atoms with van der Waals surface area (Å²) in [5.74, 6) is 0. The van der Waals surface area contributed by atoms with Crippen LogP contribution in [0, 0.1) is 24.0 Å². The van der Waals surface area contributed by atoms with Crippen LogP contribution in [0.5, 0.6) is 0 Å². The third-order valence-electron chi connectivity index (χ3n) is 2.75. The standard InChI is InChI=1S/C12H11BrN2O4S2/c1-7-5-9(3-4-10(7)15(16)17)14-21(18,19)11-6-8(2)12(13)20-11/h3-6,14H,1-2H3. The van der Waals surface area contributed by atoms with Crippen molar-refractivity contribution in [1.82, 2.24) is 0 Å². The second-order valence-electron chi connectivity index (χ2n) is 4.39. The van der Waals surface area contributed by atoms with E-state index in [9.17, 15) is 18.5 Å². The third-order valence-corrected chi connectivity index (χ3v) is 6.74. The van der Waals surface area contributed by atoms with Crippen LogP contribution < -0.4 is 4.72 Å². The molecule has 1 aromatic heterocycles. The second-order valence-corrected chi connectivity index (χ2v) is 8.67. The van der Waals surface area contributed by atoms with Crippen LogP contribution >= 0.6 is 27.3 Å². The van der Waals surface area contributed by atoms with Crippen molar-refractivity contribution < 1.29 is 13.3 Å². The first kappa shape index (κ1) is 15.9. The fourth-order valence-electron chi connectivity index (χ4n) is 1.69. The van der Waals surface area contributed by atoms with Gasteiger partial charge in [-0.05, 0) is 53.5 Å². The highest BCUT2D eigenvalue weighted by molar-refractivity contribution is 9.11. The van der Waals surface area contributed by atoms with Gasteiger partial charge < -0.3 is 0 Å². The van der Waals surface area contributed by atoms with Crippen LogP contribution in [0.1, 0.15) is 11.1 Å². The number of thiophene rings is 1. The Labute approximate surface area is 134 Å². The molecule has 0 aliphatic rings. The molecule has 0 amide bonds. The van der Waals surface area contributed by atoms with E-state index in [1.807, 2.05) is 0 Å². The van der Waals surface area contributed by atoms with Crippen LogP contribution in [0.15, 0.2) is 32.3 Å². The van der Waals surface area contributed by atoms with Crippen molar-refractivity contribution in [2.24, 2.45) is 0 Å². The average molecular weight is 391 g/mol. The number of benzene rings is 1. The SMILES string of the molecule is Cc1cc(NS(=O)(=O)c2cc(C)c(Br)s2)ccc1[N+](=O)[O-]. The molecule has 1 aromatic carbocycles. The van der Waals surface area contributed by atoms with Gasteiger partial charge in [0, 0.05) is 17.3 Å². The van der Waals surface area contributed by atoms with Crippen molar-refractivity contribution in [2.75, 3.05) is 4.72 Å². The van der Waals surface area contributed by atoms with Crippen molar-refractivity contribution in [3.05, 3.63) is 49.3 Å². The minimum absolute atomic E-state index is 0.0485. The van der Waals surface area contributed by atoms with E-state index >= 15 is 0 Å². The van der Waals surface area contributed by atoms with Gasteiger partial charge in [-0.15, -0.1) is 11.3 Å². The van der Waals surface area contributed by atoms with Crippen molar-refractivity contribution in [3.63, 3.8) is 0 Å². The topological polar surface area (TPSA) is 89.3 Å². The van der Waals surface area contributed by atoms with Crippen LogP contribution in [0.4, 0.5) is 11.4 Å². The Hall–Kier alpha value is -1.45. The number of sulfonamides is 1. The predicted octanol–water partition coefficient (Wildman–Crippen LogP) is 3.84. The minimum Gasteiger partial charge on any atom is -0.279 e. The molecular weight excluding hydrogens is 380 g/mol. The molecule has 0 bridgehead atoms. The minimum atomic E-state index is -3.70. The van der Waals surface area contributed by atoms with E-state index in [2.05, 4.69) is 20.7 Å². The molecule has 0 unspecified atom stereocenters. The van der Waals surface area contributed by atoms with Crippen molar-refractivity contribution in [2.45, 2.75) is 18.1 Å². The third kappa shape index (κ3) is 3.42. The highest BCUT2D eigenvalue weighted by atomic mass is 79.9. The summed E-state index contributed by atoms with van der Waals surface area (Å²) >= 11 is 4.39. The van der Waals surface area contributed by atoms with E-state index in [0.29, 0.717) is 11.3 Å². The Bertz CT molecular complexity index is 795. The van der Waals surface area contributed by atoms with Gasteiger partial charge in [0.25, 0.3) is 15.7 Å². The molecule has 0 aliphatic carbocycles. The van der Waals surface area contributed by atoms with Gasteiger partial charge in [0.15, 0.2) is 0 Å². The smallest absolute Gasteiger partial charge is 0.272 e. The average Bonchev–Trinajstić information content (AvgIpc) is 2.69. The number of nitro benzene ring substituents is 1. The van der Waals surface area contributed by atoms with E-state index in [1.54, 1.807) is 19.9 Å². The van der Waals surface area contributed by atoms with Crippen LogP contribution in [-0.4, -0.2) is 13.3 Å². The molecule has 6 nitrogen and oxygen atoms in total. The maximum absolute atomic E-state index is 12.2. The summed E-state index contributed by atoms with van der Waals surface area (Å²) in [5.41, 5.74) is 1.47.